The standard InChI is InChI=1S/C29H37N5O2/c1-4-34(5-2)17-19-36-28-13-12-25-20-24(28)22-33(3)16-7-6-8-18-35-26-11-9-10-23(21-26)27-14-15-30-29(31-25)32-27/h6-7,9-15,20-21H,4-5,8,16-19,22H2,1-3H3,(H,30,31,32). The molecule has 1 N–H and O–H groups in total. The van der Waals surface area contributed by atoms with Crippen molar-refractivity contribution in [1.29, 1.82) is 0 Å². The van der Waals surface area contributed by atoms with Crippen LogP contribution in [0.4, 0.5) is 11.6 Å². The molecule has 0 fully saturated rings. The fourth-order valence-electron chi connectivity index (χ4n) is 4.17. The van der Waals surface area contributed by atoms with Gasteiger partial charge in [-0.1, -0.05) is 38.1 Å². The molecule has 2 aromatic carbocycles. The van der Waals surface area contributed by atoms with Crippen molar-refractivity contribution in [3.8, 4) is 22.8 Å². The number of aromatic nitrogens is 2. The first-order valence-corrected chi connectivity index (χ1v) is 12.8. The van der Waals surface area contributed by atoms with Crippen LogP contribution in [0.1, 0.15) is 25.8 Å². The largest absolute Gasteiger partial charge is 0.493 e. The lowest BCUT2D eigenvalue weighted by molar-refractivity contribution is 0.220. The maximum absolute atomic E-state index is 6.24. The van der Waals surface area contributed by atoms with Crippen LogP contribution in [0, 0.1) is 0 Å². The molecule has 190 valence electrons. The fourth-order valence-corrected chi connectivity index (χ4v) is 4.17. The summed E-state index contributed by atoms with van der Waals surface area (Å²) in [5.74, 6) is 2.31. The third-order valence-electron chi connectivity index (χ3n) is 6.24. The number of nitrogens with zero attached hydrogens (tertiary/aromatic N) is 4. The van der Waals surface area contributed by atoms with E-state index in [1.165, 1.54) is 0 Å². The van der Waals surface area contributed by atoms with Crippen molar-refractivity contribution in [2.75, 3.05) is 51.8 Å². The Labute approximate surface area is 214 Å². The van der Waals surface area contributed by atoms with Gasteiger partial charge in [0.15, 0.2) is 0 Å². The lowest BCUT2D eigenvalue weighted by Crippen LogP contribution is -2.28. The molecule has 0 saturated heterocycles. The first-order chi connectivity index (χ1) is 17.6. The number of likely N-dealkylation sites (N-methyl/N-ethyl adjacent to an activating group) is 2. The highest BCUT2D eigenvalue weighted by Crippen LogP contribution is 2.27. The van der Waals surface area contributed by atoms with E-state index < -0.39 is 0 Å². The highest BCUT2D eigenvalue weighted by Gasteiger charge is 2.11. The fraction of sp³-hybridized carbons (Fsp3) is 0.379. The van der Waals surface area contributed by atoms with Gasteiger partial charge in [-0.05, 0) is 63.0 Å². The normalized spacial score (nSPS) is 14.4. The van der Waals surface area contributed by atoms with Crippen LogP contribution in [0.5, 0.6) is 11.5 Å². The molecule has 0 aliphatic carbocycles. The van der Waals surface area contributed by atoms with E-state index in [0.29, 0.717) is 19.2 Å². The first kappa shape index (κ1) is 25.7. The van der Waals surface area contributed by atoms with Crippen LogP contribution in [-0.2, 0) is 6.54 Å². The van der Waals surface area contributed by atoms with Crippen LogP contribution in [0.25, 0.3) is 11.3 Å². The zero-order valence-corrected chi connectivity index (χ0v) is 21.6. The Morgan fingerprint density at radius 3 is 2.83 bits per heavy atom. The molecule has 0 unspecified atom stereocenters. The summed E-state index contributed by atoms with van der Waals surface area (Å²) in [6, 6.07) is 16.2. The number of hydrogen-bond acceptors (Lipinski definition) is 7. The summed E-state index contributed by atoms with van der Waals surface area (Å²) in [5.41, 5.74) is 3.90. The topological polar surface area (TPSA) is 62.8 Å². The van der Waals surface area contributed by atoms with Gasteiger partial charge in [0, 0.05) is 42.6 Å². The van der Waals surface area contributed by atoms with Crippen LogP contribution >= 0.6 is 0 Å². The Balaban J connectivity index is 1.60. The molecule has 0 spiro atoms. The van der Waals surface area contributed by atoms with Crippen LogP contribution in [0.3, 0.4) is 0 Å². The van der Waals surface area contributed by atoms with Crippen molar-refractivity contribution in [2.24, 2.45) is 0 Å². The third kappa shape index (κ3) is 7.29. The molecular formula is C29H37N5O2. The third-order valence-corrected chi connectivity index (χ3v) is 6.24. The number of fused-ring (bicyclic) bond motifs is 7. The van der Waals surface area contributed by atoms with Crippen LogP contribution in [-0.4, -0.2) is 66.2 Å². The first-order valence-electron chi connectivity index (χ1n) is 12.8. The molecule has 7 nitrogen and oxygen atoms in total. The molecule has 0 amide bonds. The Kier molecular flexibility index (Phi) is 9.30. The number of rotatable bonds is 6. The molecule has 6 bridgehead atoms. The Bertz CT molecular complexity index is 1150. The zero-order valence-electron chi connectivity index (χ0n) is 21.6. The van der Waals surface area contributed by atoms with E-state index in [1.54, 1.807) is 6.20 Å². The molecule has 3 aromatic rings. The summed E-state index contributed by atoms with van der Waals surface area (Å²) < 4.78 is 12.2. The van der Waals surface area contributed by atoms with Gasteiger partial charge in [-0.2, -0.15) is 0 Å². The van der Waals surface area contributed by atoms with Gasteiger partial charge >= 0.3 is 0 Å². The minimum absolute atomic E-state index is 0.553. The van der Waals surface area contributed by atoms with E-state index in [2.05, 4.69) is 59.2 Å². The number of nitrogens with one attached hydrogen (secondary N) is 1. The molecule has 0 radical (unpaired) electrons. The summed E-state index contributed by atoms with van der Waals surface area (Å²) in [4.78, 5) is 13.8. The molecule has 0 atom stereocenters. The Morgan fingerprint density at radius 2 is 1.97 bits per heavy atom. The molecular weight excluding hydrogens is 450 g/mol. The van der Waals surface area contributed by atoms with Gasteiger partial charge in [0.1, 0.15) is 18.1 Å². The second-order valence-corrected chi connectivity index (χ2v) is 8.92. The van der Waals surface area contributed by atoms with Gasteiger partial charge in [0.05, 0.1) is 12.3 Å². The number of hydrogen-bond donors (Lipinski definition) is 1. The molecule has 7 heteroatoms. The number of anilines is 2. The van der Waals surface area contributed by atoms with Gasteiger partial charge in [0.2, 0.25) is 5.95 Å². The highest BCUT2D eigenvalue weighted by atomic mass is 16.5. The summed E-state index contributed by atoms with van der Waals surface area (Å²) in [6.45, 7) is 10.2. The van der Waals surface area contributed by atoms with E-state index >= 15 is 0 Å². The van der Waals surface area contributed by atoms with Crippen molar-refractivity contribution < 1.29 is 9.47 Å². The average Bonchev–Trinajstić information content (AvgIpc) is 2.89. The van der Waals surface area contributed by atoms with Crippen LogP contribution < -0.4 is 14.8 Å². The van der Waals surface area contributed by atoms with Crippen LogP contribution in [0.15, 0.2) is 66.9 Å². The highest BCUT2D eigenvalue weighted by molar-refractivity contribution is 5.64. The van der Waals surface area contributed by atoms with Gasteiger partial charge < -0.3 is 19.7 Å². The monoisotopic (exact) mass is 487 g/mol. The van der Waals surface area contributed by atoms with Gasteiger partial charge in [0.25, 0.3) is 0 Å². The predicted molar refractivity (Wildman–Crippen MR) is 146 cm³/mol. The summed E-state index contributed by atoms with van der Waals surface area (Å²) in [5, 5.41) is 3.38. The van der Waals surface area contributed by atoms with E-state index in [-0.39, 0.29) is 0 Å². The van der Waals surface area contributed by atoms with Gasteiger partial charge in [-0.15, -0.1) is 0 Å². The lowest BCUT2D eigenvalue weighted by atomic mass is 10.1. The zero-order chi connectivity index (χ0) is 25.2. The van der Waals surface area contributed by atoms with E-state index in [0.717, 1.165) is 73.2 Å². The smallest absolute Gasteiger partial charge is 0.227 e. The van der Waals surface area contributed by atoms with Gasteiger partial charge in [-0.3, -0.25) is 4.90 Å². The summed E-state index contributed by atoms with van der Waals surface area (Å²) in [7, 11) is 2.12. The second kappa shape index (κ2) is 13.0. The molecule has 1 aliphatic rings. The van der Waals surface area contributed by atoms with Crippen molar-refractivity contribution in [1.82, 2.24) is 19.8 Å². The molecule has 4 rings (SSSR count). The SMILES string of the molecule is CCN(CC)CCOc1ccc2cc1CN(C)CC=CCCOc1cccc(c1)-c1ccnc(n1)N2. The van der Waals surface area contributed by atoms with E-state index in [4.69, 9.17) is 14.5 Å². The van der Waals surface area contributed by atoms with E-state index in [1.807, 2.05) is 42.5 Å². The quantitative estimate of drug-likeness (QED) is 0.469. The Hall–Kier alpha value is -3.42. The van der Waals surface area contributed by atoms with Crippen molar-refractivity contribution in [2.45, 2.75) is 26.8 Å². The number of ether oxygens (including phenoxy) is 2. The number of benzene rings is 2. The van der Waals surface area contributed by atoms with E-state index in [9.17, 15) is 0 Å². The minimum Gasteiger partial charge on any atom is -0.493 e. The van der Waals surface area contributed by atoms with Crippen molar-refractivity contribution in [3.63, 3.8) is 0 Å². The second-order valence-electron chi connectivity index (χ2n) is 8.92. The van der Waals surface area contributed by atoms with Crippen molar-refractivity contribution in [3.05, 3.63) is 72.4 Å². The molecule has 2 heterocycles. The van der Waals surface area contributed by atoms with Crippen molar-refractivity contribution >= 4 is 11.6 Å². The van der Waals surface area contributed by atoms with Gasteiger partial charge in [-0.25, -0.2) is 9.97 Å². The summed E-state index contributed by atoms with van der Waals surface area (Å²) >= 11 is 0. The molecule has 36 heavy (non-hydrogen) atoms. The maximum Gasteiger partial charge on any atom is 0.227 e. The molecule has 1 aliphatic heterocycles. The molecule has 1 aromatic heterocycles. The molecule has 0 saturated carbocycles. The predicted octanol–water partition coefficient (Wildman–Crippen LogP) is 5.38. The minimum atomic E-state index is 0.553. The average molecular weight is 488 g/mol. The van der Waals surface area contributed by atoms with Crippen LogP contribution in [0.2, 0.25) is 0 Å². The summed E-state index contributed by atoms with van der Waals surface area (Å²) in [6.07, 6.45) is 7.01. The lowest BCUT2D eigenvalue weighted by Gasteiger charge is -2.21. The Morgan fingerprint density at radius 1 is 1.08 bits per heavy atom. The maximum atomic E-state index is 6.24.